The minimum absolute atomic E-state index is 0.0743. The molecule has 0 aliphatic carbocycles. The van der Waals surface area contributed by atoms with E-state index >= 15 is 0 Å². The van der Waals surface area contributed by atoms with Crippen LogP contribution in [-0.4, -0.2) is 37.7 Å². The molecule has 2 aromatic rings. The van der Waals surface area contributed by atoms with Gasteiger partial charge in [0.1, 0.15) is 5.56 Å². The molecule has 1 fully saturated rings. The molecule has 1 aliphatic rings. The summed E-state index contributed by atoms with van der Waals surface area (Å²) in [6.45, 7) is 7.24. The first-order valence-corrected chi connectivity index (χ1v) is 8.87. The lowest BCUT2D eigenvalue weighted by Gasteiger charge is -2.36. The van der Waals surface area contributed by atoms with Crippen molar-refractivity contribution in [2.45, 2.75) is 52.6 Å². The van der Waals surface area contributed by atoms with Crippen LogP contribution in [0.25, 0.3) is 0 Å². The first kappa shape index (κ1) is 17.5. The van der Waals surface area contributed by atoms with Gasteiger partial charge in [0.15, 0.2) is 0 Å². The van der Waals surface area contributed by atoms with E-state index in [0.29, 0.717) is 13.1 Å². The molecule has 0 saturated carbocycles. The number of likely N-dealkylation sites (tertiary alicyclic amines) is 1. The zero-order chi connectivity index (χ0) is 18.1. The number of aryl methyl sites for hydroxylation is 3. The number of rotatable bonds is 3. The number of hydrogen-bond donors (Lipinski definition) is 0. The van der Waals surface area contributed by atoms with Crippen LogP contribution in [0.2, 0.25) is 0 Å². The Morgan fingerprint density at radius 2 is 1.96 bits per heavy atom. The van der Waals surface area contributed by atoms with E-state index in [2.05, 4.69) is 5.10 Å². The molecule has 2 aromatic heterocycles. The second kappa shape index (κ2) is 6.86. The van der Waals surface area contributed by atoms with Crippen LogP contribution in [0.5, 0.6) is 0 Å². The molecule has 0 bridgehead atoms. The van der Waals surface area contributed by atoms with E-state index < -0.39 is 0 Å². The van der Waals surface area contributed by atoms with Crippen LogP contribution in [0.1, 0.15) is 46.7 Å². The quantitative estimate of drug-likeness (QED) is 0.859. The third-order valence-corrected chi connectivity index (χ3v) is 5.16. The van der Waals surface area contributed by atoms with Crippen molar-refractivity contribution >= 4 is 5.91 Å². The Balaban J connectivity index is 1.88. The maximum atomic E-state index is 13.1. The van der Waals surface area contributed by atoms with Crippen molar-refractivity contribution in [2.75, 3.05) is 6.54 Å². The van der Waals surface area contributed by atoms with Gasteiger partial charge in [-0.15, -0.1) is 0 Å². The molecular formula is C19H26N4O2. The van der Waals surface area contributed by atoms with Crippen molar-refractivity contribution in [1.82, 2.24) is 19.2 Å². The van der Waals surface area contributed by atoms with Gasteiger partial charge in [-0.25, -0.2) is 0 Å². The van der Waals surface area contributed by atoms with E-state index in [4.69, 9.17) is 0 Å². The van der Waals surface area contributed by atoms with E-state index in [9.17, 15) is 9.59 Å². The first-order valence-electron chi connectivity index (χ1n) is 8.87. The van der Waals surface area contributed by atoms with Crippen LogP contribution >= 0.6 is 0 Å². The Morgan fingerprint density at radius 1 is 1.20 bits per heavy atom. The van der Waals surface area contributed by atoms with Crippen LogP contribution in [0.3, 0.4) is 0 Å². The Bertz CT molecular complexity index is 850. The van der Waals surface area contributed by atoms with Gasteiger partial charge < -0.3 is 9.47 Å². The monoisotopic (exact) mass is 342 g/mol. The number of pyridine rings is 1. The fourth-order valence-corrected chi connectivity index (χ4v) is 3.56. The van der Waals surface area contributed by atoms with Crippen molar-refractivity contribution in [1.29, 1.82) is 0 Å². The zero-order valence-corrected chi connectivity index (χ0v) is 15.5. The topological polar surface area (TPSA) is 60.1 Å². The van der Waals surface area contributed by atoms with Gasteiger partial charge in [-0.1, -0.05) is 0 Å². The van der Waals surface area contributed by atoms with Gasteiger partial charge in [-0.3, -0.25) is 14.3 Å². The minimum Gasteiger partial charge on any atom is -0.334 e. The number of carbonyl (C=O) groups is 1. The Morgan fingerprint density at radius 3 is 2.64 bits per heavy atom. The third kappa shape index (κ3) is 3.38. The summed E-state index contributed by atoms with van der Waals surface area (Å²) in [6, 6.07) is 5.61. The summed E-state index contributed by atoms with van der Waals surface area (Å²) in [4.78, 5) is 27.4. The average molecular weight is 342 g/mol. The minimum atomic E-state index is -0.222. The normalized spacial score (nSPS) is 17.8. The van der Waals surface area contributed by atoms with Gasteiger partial charge in [-0.05, 0) is 58.2 Å². The fraction of sp³-hybridized carbons (Fsp3) is 0.526. The number of hydrogen-bond acceptors (Lipinski definition) is 3. The summed E-state index contributed by atoms with van der Waals surface area (Å²) < 4.78 is 3.51. The SMILES string of the molecule is Cc1cc(C)n(CC2CCCCN2C(=O)c2ccc(C)n(C)c2=O)n1. The van der Waals surface area contributed by atoms with Gasteiger partial charge in [-0.2, -0.15) is 5.10 Å². The standard InChI is InChI=1S/C19H26N4O2/c1-13-11-15(3)23(20-13)12-16-7-5-6-10-22(16)19(25)17-9-8-14(2)21(4)18(17)24/h8-9,11,16H,5-7,10,12H2,1-4H3. The number of amides is 1. The van der Waals surface area contributed by atoms with Crippen molar-refractivity contribution < 1.29 is 4.79 Å². The molecule has 1 amide bonds. The molecular weight excluding hydrogens is 316 g/mol. The molecule has 6 nitrogen and oxygen atoms in total. The lowest BCUT2D eigenvalue weighted by Crippen LogP contribution is -2.47. The summed E-state index contributed by atoms with van der Waals surface area (Å²) in [5.74, 6) is -0.160. The first-order chi connectivity index (χ1) is 11.9. The predicted molar refractivity (Wildman–Crippen MR) is 96.8 cm³/mol. The van der Waals surface area contributed by atoms with Gasteiger partial charge in [0.25, 0.3) is 11.5 Å². The molecule has 1 saturated heterocycles. The van der Waals surface area contributed by atoms with Crippen LogP contribution in [0.4, 0.5) is 0 Å². The van der Waals surface area contributed by atoms with Crippen molar-refractivity contribution in [3.63, 3.8) is 0 Å². The Kier molecular flexibility index (Phi) is 4.79. The second-order valence-electron chi connectivity index (χ2n) is 7.01. The second-order valence-corrected chi connectivity index (χ2v) is 7.01. The lowest BCUT2D eigenvalue weighted by molar-refractivity contribution is 0.0580. The van der Waals surface area contributed by atoms with Gasteiger partial charge in [0.2, 0.25) is 0 Å². The average Bonchev–Trinajstić information content (AvgIpc) is 2.90. The largest absolute Gasteiger partial charge is 0.334 e. The van der Waals surface area contributed by atoms with Crippen LogP contribution in [0, 0.1) is 20.8 Å². The number of aromatic nitrogens is 3. The third-order valence-electron chi connectivity index (χ3n) is 5.16. The number of piperidine rings is 1. The lowest BCUT2D eigenvalue weighted by atomic mass is 10.0. The summed E-state index contributed by atoms with van der Waals surface area (Å²) in [7, 11) is 1.71. The van der Waals surface area contributed by atoms with Crippen molar-refractivity contribution in [3.05, 3.63) is 51.2 Å². The van der Waals surface area contributed by atoms with Crippen LogP contribution < -0.4 is 5.56 Å². The molecule has 0 aromatic carbocycles. The smallest absolute Gasteiger partial charge is 0.263 e. The van der Waals surface area contributed by atoms with E-state index in [-0.39, 0.29) is 23.1 Å². The number of nitrogens with zero attached hydrogens (tertiary/aromatic N) is 4. The molecule has 3 heterocycles. The molecule has 0 radical (unpaired) electrons. The maximum absolute atomic E-state index is 13.1. The molecule has 0 N–H and O–H groups in total. The summed E-state index contributed by atoms with van der Waals surface area (Å²) >= 11 is 0. The Labute approximate surface area is 148 Å². The molecule has 6 heteroatoms. The highest BCUT2D eigenvalue weighted by molar-refractivity contribution is 5.94. The van der Waals surface area contributed by atoms with Crippen LogP contribution in [-0.2, 0) is 13.6 Å². The number of carbonyl (C=O) groups excluding carboxylic acids is 1. The molecule has 25 heavy (non-hydrogen) atoms. The summed E-state index contributed by atoms with van der Waals surface area (Å²) in [6.07, 6.45) is 3.02. The summed E-state index contributed by atoms with van der Waals surface area (Å²) in [5.41, 5.74) is 2.97. The van der Waals surface area contributed by atoms with Crippen LogP contribution in [0.15, 0.2) is 23.0 Å². The van der Waals surface area contributed by atoms with E-state index in [0.717, 1.165) is 36.3 Å². The van der Waals surface area contributed by atoms with E-state index in [1.165, 1.54) is 4.57 Å². The molecule has 3 rings (SSSR count). The zero-order valence-electron chi connectivity index (χ0n) is 15.5. The van der Waals surface area contributed by atoms with Gasteiger partial charge in [0.05, 0.1) is 18.3 Å². The molecule has 0 spiro atoms. The van der Waals surface area contributed by atoms with Crippen molar-refractivity contribution in [2.24, 2.45) is 7.05 Å². The van der Waals surface area contributed by atoms with E-state index in [1.54, 1.807) is 13.1 Å². The summed E-state index contributed by atoms with van der Waals surface area (Å²) in [5, 5.41) is 4.53. The highest BCUT2D eigenvalue weighted by Gasteiger charge is 2.29. The highest BCUT2D eigenvalue weighted by Crippen LogP contribution is 2.21. The molecule has 1 unspecified atom stereocenters. The molecule has 1 atom stereocenters. The van der Waals surface area contributed by atoms with Gasteiger partial charge in [0, 0.05) is 25.0 Å². The maximum Gasteiger partial charge on any atom is 0.263 e. The van der Waals surface area contributed by atoms with Crippen molar-refractivity contribution in [3.8, 4) is 0 Å². The van der Waals surface area contributed by atoms with E-state index in [1.807, 2.05) is 42.5 Å². The highest BCUT2D eigenvalue weighted by atomic mass is 16.2. The molecule has 134 valence electrons. The predicted octanol–water partition coefficient (Wildman–Crippen LogP) is 2.20. The molecule has 1 aliphatic heterocycles. The van der Waals surface area contributed by atoms with Gasteiger partial charge >= 0.3 is 0 Å². The fourth-order valence-electron chi connectivity index (χ4n) is 3.56. The Hall–Kier alpha value is -2.37.